The van der Waals surface area contributed by atoms with Crippen LogP contribution in [-0.2, 0) is 16.8 Å². The van der Waals surface area contributed by atoms with Gasteiger partial charge in [0, 0.05) is 16.9 Å². The van der Waals surface area contributed by atoms with Gasteiger partial charge in [-0.25, -0.2) is 0 Å². The lowest BCUT2D eigenvalue weighted by Gasteiger charge is -2.26. The summed E-state index contributed by atoms with van der Waals surface area (Å²) in [6.45, 7) is 4.69. The normalized spacial score (nSPS) is 11.2. The van der Waals surface area contributed by atoms with Crippen molar-refractivity contribution in [1.29, 1.82) is 0 Å². The maximum atomic E-state index is 11.0. The maximum Gasteiger partial charge on any atom is 0.123 e. The molecule has 2 nitrogen and oxygen atoms in total. The Bertz CT molecular complexity index is 621. The molecule has 0 aliphatic carbocycles. The van der Waals surface area contributed by atoms with Gasteiger partial charge in [0.15, 0.2) is 0 Å². The lowest BCUT2D eigenvalue weighted by molar-refractivity contribution is -0.108. The lowest BCUT2D eigenvalue weighted by atomic mass is 9.81. The number of benzene rings is 2. The fourth-order valence-electron chi connectivity index (χ4n) is 2.34. The zero-order valence-electron chi connectivity index (χ0n) is 13.3. The summed E-state index contributed by atoms with van der Waals surface area (Å²) in [5.41, 5.74) is 1.98. The Morgan fingerprint density at radius 1 is 1.14 bits per heavy atom. The number of carbonyl (C=O) groups is 1. The zero-order valence-corrected chi connectivity index (χ0v) is 14.2. The Morgan fingerprint density at radius 3 is 2.50 bits per heavy atom. The fraction of sp³-hybridized carbons (Fsp3) is 0.316. The zero-order chi connectivity index (χ0) is 16.0. The molecule has 0 spiro atoms. The Hall–Kier alpha value is -1.74. The van der Waals surface area contributed by atoms with Crippen LogP contribution >= 0.6 is 11.8 Å². The van der Waals surface area contributed by atoms with Crippen LogP contribution in [0.2, 0.25) is 0 Å². The Labute approximate surface area is 136 Å². The molecule has 0 bridgehead atoms. The topological polar surface area (TPSA) is 26.3 Å². The molecule has 0 saturated carbocycles. The first-order valence-electron chi connectivity index (χ1n) is 7.35. The monoisotopic (exact) mass is 314 g/mol. The van der Waals surface area contributed by atoms with Crippen molar-refractivity contribution in [2.75, 3.05) is 6.26 Å². The molecule has 116 valence electrons. The Kier molecular flexibility index (Phi) is 5.67. The predicted octanol–water partition coefficient (Wildman–Crippen LogP) is 4.85. The summed E-state index contributed by atoms with van der Waals surface area (Å²) in [5.74, 6) is 0.855. The number of hydrogen-bond donors (Lipinski definition) is 0. The van der Waals surface area contributed by atoms with E-state index >= 15 is 0 Å². The average Bonchev–Trinajstić information content (AvgIpc) is 2.53. The van der Waals surface area contributed by atoms with E-state index in [2.05, 4.69) is 32.2 Å². The summed E-state index contributed by atoms with van der Waals surface area (Å²) >= 11 is 1.70. The van der Waals surface area contributed by atoms with Crippen LogP contribution in [0, 0.1) is 0 Å². The first-order chi connectivity index (χ1) is 10.6. The molecule has 0 aromatic heterocycles. The van der Waals surface area contributed by atoms with Crippen LogP contribution in [0.3, 0.4) is 0 Å². The minimum Gasteiger partial charge on any atom is -0.489 e. The lowest BCUT2D eigenvalue weighted by Crippen LogP contribution is -2.19. The first-order valence-corrected chi connectivity index (χ1v) is 8.58. The highest BCUT2D eigenvalue weighted by molar-refractivity contribution is 7.98. The van der Waals surface area contributed by atoms with E-state index in [0.717, 1.165) is 23.2 Å². The van der Waals surface area contributed by atoms with E-state index < -0.39 is 0 Å². The van der Waals surface area contributed by atoms with Gasteiger partial charge < -0.3 is 9.53 Å². The van der Waals surface area contributed by atoms with Gasteiger partial charge in [0.25, 0.3) is 0 Å². The molecule has 0 unspecified atom stereocenters. The van der Waals surface area contributed by atoms with Gasteiger partial charge in [-0.1, -0.05) is 44.2 Å². The standard InChI is InChI=1S/C19H22O2S/c1-19(2,11-12-20)17-13-16(22-3)9-10-18(17)21-14-15-7-5-4-6-8-15/h4-10,12-13H,11,14H2,1-3H3. The third-order valence-electron chi connectivity index (χ3n) is 3.75. The average molecular weight is 314 g/mol. The van der Waals surface area contributed by atoms with Gasteiger partial charge in [0.1, 0.15) is 18.6 Å². The van der Waals surface area contributed by atoms with Gasteiger partial charge in [-0.2, -0.15) is 0 Å². The van der Waals surface area contributed by atoms with Gasteiger partial charge >= 0.3 is 0 Å². The molecule has 2 aromatic rings. The van der Waals surface area contributed by atoms with Gasteiger partial charge in [-0.3, -0.25) is 0 Å². The van der Waals surface area contributed by atoms with E-state index in [1.54, 1.807) is 11.8 Å². The maximum absolute atomic E-state index is 11.0. The largest absolute Gasteiger partial charge is 0.489 e. The van der Waals surface area contributed by atoms with Crippen molar-refractivity contribution in [3.8, 4) is 5.75 Å². The highest BCUT2D eigenvalue weighted by Gasteiger charge is 2.24. The van der Waals surface area contributed by atoms with E-state index in [0.29, 0.717) is 13.0 Å². The van der Waals surface area contributed by atoms with Crippen LogP contribution in [0.1, 0.15) is 31.4 Å². The van der Waals surface area contributed by atoms with Crippen LogP contribution < -0.4 is 4.74 Å². The van der Waals surface area contributed by atoms with Crippen LogP contribution in [0.15, 0.2) is 53.4 Å². The van der Waals surface area contributed by atoms with Crippen LogP contribution in [-0.4, -0.2) is 12.5 Å². The minimum atomic E-state index is -0.237. The highest BCUT2D eigenvalue weighted by Crippen LogP contribution is 2.36. The summed E-state index contributed by atoms with van der Waals surface area (Å²) in [4.78, 5) is 12.2. The summed E-state index contributed by atoms with van der Waals surface area (Å²) in [6.07, 6.45) is 3.51. The second-order valence-corrected chi connectivity index (χ2v) is 6.77. The molecule has 0 amide bonds. The SMILES string of the molecule is CSc1ccc(OCc2ccccc2)c(C(C)(C)CC=O)c1. The molecule has 0 heterocycles. The quantitative estimate of drug-likeness (QED) is 0.539. The van der Waals surface area contributed by atoms with E-state index in [-0.39, 0.29) is 5.41 Å². The summed E-state index contributed by atoms with van der Waals surface area (Å²) < 4.78 is 6.03. The fourth-order valence-corrected chi connectivity index (χ4v) is 2.78. The highest BCUT2D eigenvalue weighted by atomic mass is 32.2. The molecule has 3 heteroatoms. The van der Waals surface area contributed by atoms with Crippen LogP contribution in [0.25, 0.3) is 0 Å². The smallest absolute Gasteiger partial charge is 0.123 e. The van der Waals surface area contributed by atoms with E-state index in [4.69, 9.17) is 4.74 Å². The Balaban J connectivity index is 2.28. The molecule has 0 atom stereocenters. The van der Waals surface area contributed by atoms with E-state index in [9.17, 15) is 4.79 Å². The number of carbonyl (C=O) groups excluding carboxylic acids is 1. The number of hydrogen-bond acceptors (Lipinski definition) is 3. The first kappa shape index (κ1) is 16.6. The van der Waals surface area contributed by atoms with Crippen molar-refractivity contribution in [3.05, 3.63) is 59.7 Å². The molecule has 0 saturated heterocycles. The summed E-state index contributed by atoms with van der Waals surface area (Å²) in [5, 5.41) is 0. The predicted molar refractivity (Wildman–Crippen MR) is 92.7 cm³/mol. The number of rotatable bonds is 7. The molecule has 0 aliphatic rings. The van der Waals surface area contributed by atoms with Crippen LogP contribution in [0.5, 0.6) is 5.75 Å². The molecule has 0 N–H and O–H groups in total. The molecule has 0 aliphatic heterocycles. The van der Waals surface area contributed by atoms with Crippen molar-refractivity contribution in [1.82, 2.24) is 0 Å². The van der Waals surface area contributed by atoms with Crippen molar-refractivity contribution >= 4 is 18.0 Å². The molecule has 0 radical (unpaired) electrons. The van der Waals surface area contributed by atoms with Gasteiger partial charge in [-0.05, 0) is 35.4 Å². The van der Waals surface area contributed by atoms with Gasteiger partial charge in [0.05, 0.1) is 0 Å². The minimum absolute atomic E-state index is 0.237. The number of thioether (sulfide) groups is 1. The van der Waals surface area contributed by atoms with Crippen molar-refractivity contribution in [3.63, 3.8) is 0 Å². The van der Waals surface area contributed by atoms with Crippen molar-refractivity contribution in [2.24, 2.45) is 0 Å². The summed E-state index contributed by atoms with van der Waals surface area (Å²) in [6, 6.07) is 16.3. The molecular weight excluding hydrogens is 292 g/mol. The molecular formula is C19H22O2S. The molecule has 2 rings (SSSR count). The number of ether oxygens (including phenoxy) is 1. The third-order valence-corrected chi connectivity index (χ3v) is 4.47. The second kappa shape index (κ2) is 7.50. The van der Waals surface area contributed by atoms with Crippen molar-refractivity contribution in [2.45, 2.75) is 37.2 Å². The second-order valence-electron chi connectivity index (χ2n) is 5.89. The van der Waals surface area contributed by atoms with Crippen molar-refractivity contribution < 1.29 is 9.53 Å². The molecule has 2 aromatic carbocycles. The Morgan fingerprint density at radius 2 is 1.86 bits per heavy atom. The van der Waals surface area contributed by atoms with E-state index in [1.807, 2.05) is 36.4 Å². The summed E-state index contributed by atoms with van der Waals surface area (Å²) in [7, 11) is 0. The van der Waals surface area contributed by atoms with Gasteiger partial charge in [-0.15, -0.1) is 11.8 Å². The van der Waals surface area contributed by atoms with Crippen LogP contribution in [0.4, 0.5) is 0 Å². The molecule has 0 fully saturated rings. The number of aldehydes is 1. The van der Waals surface area contributed by atoms with E-state index in [1.165, 1.54) is 4.90 Å². The third kappa shape index (κ3) is 4.14. The van der Waals surface area contributed by atoms with Gasteiger partial charge in [0.2, 0.25) is 0 Å². The molecule has 22 heavy (non-hydrogen) atoms.